The number of nitrogens with zero attached hydrogens (tertiary/aromatic N) is 4. The molecule has 2 atom stereocenters. The minimum absolute atomic E-state index is 0.165. The molecule has 3 aliphatic rings. The van der Waals surface area contributed by atoms with Gasteiger partial charge in [-0.1, -0.05) is 18.5 Å². The molecule has 2 aliphatic heterocycles. The van der Waals surface area contributed by atoms with Crippen molar-refractivity contribution >= 4 is 45.6 Å². The molecule has 11 heteroatoms. The Hall–Kier alpha value is -3.14. The Balaban J connectivity index is 1.34. The van der Waals surface area contributed by atoms with E-state index in [0.717, 1.165) is 17.3 Å². The topological polar surface area (TPSA) is 84.3 Å². The van der Waals surface area contributed by atoms with Crippen molar-refractivity contribution in [3.63, 3.8) is 0 Å². The summed E-state index contributed by atoms with van der Waals surface area (Å²) >= 11 is 6.42. The number of alkyl halides is 2. The van der Waals surface area contributed by atoms with Crippen LogP contribution in [-0.2, 0) is 7.05 Å². The molecule has 3 aromatic rings. The summed E-state index contributed by atoms with van der Waals surface area (Å²) in [4.78, 5) is 23.7. The maximum atomic E-state index is 14.0. The third kappa shape index (κ3) is 4.45. The average Bonchev–Trinajstić information content (AvgIpc) is 3.72. The number of benzene rings is 1. The molecular weight excluding hydrogens is 502 g/mol. The summed E-state index contributed by atoms with van der Waals surface area (Å²) in [6.45, 7) is 2.37. The quantitative estimate of drug-likeness (QED) is 0.481. The van der Waals surface area contributed by atoms with E-state index in [1.807, 2.05) is 18.2 Å². The number of hydrogen-bond donors (Lipinski definition) is 2. The van der Waals surface area contributed by atoms with Crippen LogP contribution in [0.4, 0.5) is 31.9 Å². The van der Waals surface area contributed by atoms with Gasteiger partial charge in [-0.25, -0.2) is 13.8 Å². The minimum atomic E-state index is -2.69. The zero-order chi connectivity index (χ0) is 25.9. The molecule has 1 aliphatic carbocycles. The molecule has 4 heterocycles. The van der Waals surface area contributed by atoms with Crippen LogP contribution in [0.15, 0.2) is 29.2 Å². The van der Waals surface area contributed by atoms with E-state index in [4.69, 9.17) is 16.3 Å². The van der Waals surface area contributed by atoms with E-state index in [2.05, 4.69) is 20.6 Å². The van der Waals surface area contributed by atoms with Gasteiger partial charge in [0.15, 0.2) is 5.82 Å². The van der Waals surface area contributed by atoms with E-state index < -0.39 is 11.8 Å². The second kappa shape index (κ2) is 9.01. The Bertz CT molecular complexity index is 1430. The highest BCUT2D eigenvalue weighted by molar-refractivity contribution is 6.32. The first-order valence-corrected chi connectivity index (χ1v) is 13.1. The van der Waals surface area contributed by atoms with Gasteiger partial charge in [-0.2, -0.15) is 4.98 Å². The largest absolute Gasteiger partial charge is 0.486 e. The Morgan fingerprint density at radius 2 is 2.08 bits per heavy atom. The van der Waals surface area contributed by atoms with Gasteiger partial charge in [-0.3, -0.25) is 4.79 Å². The molecule has 0 amide bonds. The van der Waals surface area contributed by atoms with E-state index in [-0.39, 0.29) is 31.1 Å². The predicted molar refractivity (Wildman–Crippen MR) is 141 cm³/mol. The molecule has 6 rings (SSSR count). The van der Waals surface area contributed by atoms with Crippen LogP contribution in [-0.4, -0.2) is 46.2 Å². The second-order valence-electron chi connectivity index (χ2n) is 10.4. The van der Waals surface area contributed by atoms with Crippen molar-refractivity contribution < 1.29 is 13.5 Å². The summed E-state index contributed by atoms with van der Waals surface area (Å²) in [6, 6.07) is 5.95. The number of aromatic nitrogens is 3. The lowest BCUT2D eigenvalue weighted by atomic mass is 9.96. The maximum Gasteiger partial charge on any atom is 0.295 e. The van der Waals surface area contributed by atoms with Crippen molar-refractivity contribution in [3.8, 4) is 5.75 Å². The molecule has 0 bridgehead atoms. The van der Waals surface area contributed by atoms with Gasteiger partial charge < -0.3 is 24.8 Å². The van der Waals surface area contributed by atoms with Crippen LogP contribution in [0.5, 0.6) is 5.75 Å². The number of aryl methyl sites for hydroxylation is 1. The number of fused-ring (bicyclic) bond motifs is 3. The van der Waals surface area contributed by atoms with Gasteiger partial charge in [-0.15, -0.1) is 0 Å². The smallest absolute Gasteiger partial charge is 0.295 e. The summed E-state index contributed by atoms with van der Waals surface area (Å²) in [7, 11) is 1.74. The Morgan fingerprint density at radius 1 is 1.27 bits per heavy atom. The van der Waals surface area contributed by atoms with E-state index in [9.17, 15) is 13.6 Å². The molecule has 196 valence electrons. The molecule has 2 aromatic heterocycles. The van der Waals surface area contributed by atoms with Gasteiger partial charge >= 0.3 is 0 Å². The second-order valence-corrected chi connectivity index (χ2v) is 10.8. The fourth-order valence-electron chi connectivity index (χ4n) is 5.27. The van der Waals surface area contributed by atoms with E-state index >= 15 is 0 Å². The molecule has 1 saturated heterocycles. The SMILES string of the molecule is C[C@@H]1CN(c2ncc(Cl)c(Nc3ccc4c(c3)c3c(c(=O)n4C)OCC[C@H](C4CC4)N3)n2)CCC1(F)F. The number of rotatable bonds is 4. The molecule has 0 unspecified atom stereocenters. The van der Waals surface area contributed by atoms with Gasteiger partial charge in [0, 0.05) is 56.0 Å². The van der Waals surface area contributed by atoms with Crippen molar-refractivity contribution in [2.24, 2.45) is 18.9 Å². The summed E-state index contributed by atoms with van der Waals surface area (Å²) in [5, 5.41) is 8.04. The standard InChI is InChI=1S/C26H29ClF2N6O2/c1-14-13-35(9-8-26(14,28)29)25-30-12-18(27)23(33-25)31-16-5-6-20-17(11-16)21-22(24(36)34(20)2)37-10-7-19(32-21)15-3-4-15/h5-6,11-12,14-15,19,32H,3-4,7-10,13H2,1-2H3,(H,30,31,33)/t14-,19-/m1/s1. The van der Waals surface area contributed by atoms with Crippen LogP contribution in [0.2, 0.25) is 5.02 Å². The predicted octanol–water partition coefficient (Wildman–Crippen LogP) is 5.18. The van der Waals surface area contributed by atoms with Crippen molar-refractivity contribution in [1.29, 1.82) is 0 Å². The maximum absolute atomic E-state index is 14.0. The fourth-order valence-corrected chi connectivity index (χ4v) is 5.41. The van der Waals surface area contributed by atoms with E-state index in [0.29, 0.717) is 46.4 Å². The molecular formula is C26H29ClF2N6O2. The fraction of sp³-hybridized carbons (Fsp3) is 0.500. The number of pyridine rings is 1. The number of nitrogens with one attached hydrogen (secondary N) is 2. The highest BCUT2D eigenvalue weighted by Crippen LogP contribution is 2.41. The van der Waals surface area contributed by atoms with E-state index in [1.165, 1.54) is 26.0 Å². The monoisotopic (exact) mass is 530 g/mol. The van der Waals surface area contributed by atoms with Crippen LogP contribution < -0.4 is 25.8 Å². The van der Waals surface area contributed by atoms with Gasteiger partial charge in [0.05, 0.1) is 24.0 Å². The third-order valence-corrected chi connectivity index (χ3v) is 8.03. The summed E-state index contributed by atoms with van der Waals surface area (Å²) in [5.41, 5.74) is 2.04. The summed E-state index contributed by atoms with van der Waals surface area (Å²) in [6.07, 6.45) is 4.46. The Kier molecular flexibility index (Phi) is 5.89. The molecule has 2 fully saturated rings. The zero-order valence-electron chi connectivity index (χ0n) is 20.7. The first-order valence-electron chi connectivity index (χ1n) is 12.7. The summed E-state index contributed by atoms with van der Waals surface area (Å²) in [5.74, 6) is -1.81. The van der Waals surface area contributed by atoms with E-state index in [1.54, 1.807) is 16.5 Å². The Morgan fingerprint density at radius 3 is 2.84 bits per heavy atom. The third-order valence-electron chi connectivity index (χ3n) is 7.76. The van der Waals surface area contributed by atoms with Crippen molar-refractivity contribution in [2.75, 3.05) is 35.2 Å². The van der Waals surface area contributed by atoms with Gasteiger partial charge in [0.25, 0.3) is 11.5 Å². The average molecular weight is 531 g/mol. The lowest BCUT2D eigenvalue weighted by molar-refractivity contribution is -0.0653. The zero-order valence-corrected chi connectivity index (χ0v) is 21.5. The number of ether oxygens (including phenoxy) is 1. The number of hydrogen-bond acceptors (Lipinski definition) is 7. The van der Waals surface area contributed by atoms with Gasteiger partial charge in [-0.05, 0) is 37.0 Å². The Labute approximate surface area is 218 Å². The summed E-state index contributed by atoms with van der Waals surface area (Å²) < 4.78 is 35.5. The molecule has 0 spiro atoms. The van der Waals surface area contributed by atoms with Crippen LogP contribution in [0.3, 0.4) is 0 Å². The molecule has 1 aromatic carbocycles. The first kappa shape index (κ1) is 24.2. The van der Waals surface area contributed by atoms with Crippen molar-refractivity contribution in [2.45, 2.75) is 44.6 Å². The molecule has 8 nitrogen and oxygen atoms in total. The highest BCUT2D eigenvalue weighted by Gasteiger charge is 2.42. The number of anilines is 4. The molecule has 37 heavy (non-hydrogen) atoms. The lowest BCUT2D eigenvalue weighted by Gasteiger charge is -2.36. The van der Waals surface area contributed by atoms with Crippen LogP contribution in [0, 0.1) is 11.8 Å². The van der Waals surface area contributed by atoms with Crippen LogP contribution >= 0.6 is 11.6 Å². The van der Waals surface area contributed by atoms with Crippen LogP contribution in [0.1, 0.15) is 32.6 Å². The number of piperidine rings is 1. The van der Waals surface area contributed by atoms with Gasteiger partial charge in [0.2, 0.25) is 11.7 Å². The van der Waals surface area contributed by atoms with Crippen molar-refractivity contribution in [1.82, 2.24) is 14.5 Å². The molecule has 0 radical (unpaired) electrons. The molecule has 1 saturated carbocycles. The molecule has 2 N–H and O–H groups in total. The number of halogens is 3. The van der Waals surface area contributed by atoms with Crippen LogP contribution in [0.25, 0.3) is 10.9 Å². The lowest BCUT2D eigenvalue weighted by Crippen LogP contribution is -2.46. The van der Waals surface area contributed by atoms with Gasteiger partial charge in [0.1, 0.15) is 5.02 Å². The normalized spacial score (nSPS) is 23.1. The first-order chi connectivity index (χ1) is 17.7. The van der Waals surface area contributed by atoms with Crippen molar-refractivity contribution in [3.05, 3.63) is 39.8 Å². The highest BCUT2D eigenvalue weighted by atomic mass is 35.5. The minimum Gasteiger partial charge on any atom is -0.486 e.